The molecule has 1 aromatic rings. The minimum Gasteiger partial charge on any atom is -0.330 e. The summed E-state index contributed by atoms with van der Waals surface area (Å²) in [7, 11) is 0. The van der Waals surface area contributed by atoms with Crippen LogP contribution < -0.4 is 5.73 Å². The molecule has 0 bridgehead atoms. The Labute approximate surface area is 117 Å². The van der Waals surface area contributed by atoms with Crippen molar-refractivity contribution in [2.24, 2.45) is 11.7 Å². The van der Waals surface area contributed by atoms with Gasteiger partial charge in [0, 0.05) is 0 Å². The smallest absolute Gasteiger partial charge is 0.00430 e. The van der Waals surface area contributed by atoms with Crippen molar-refractivity contribution in [1.29, 1.82) is 0 Å². The second kappa shape index (κ2) is 6.09. The number of benzene rings is 1. The van der Waals surface area contributed by atoms with Crippen LogP contribution in [0.25, 0.3) is 0 Å². The van der Waals surface area contributed by atoms with Crippen LogP contribution >= 0.6 is 0 Å². The van der Waals surface area contributed by atoms with Gasteiger partial charge in [-0.1, -0.05) is 49.9 Å². The lowest BCUT2D eigenvalue weighted by molar-refractivity contribution is 0.403. The van der Waals surface area contributed by atoms with E-state index in [9.17, 15) is 0 Å². The zero-order valence-electron chi connectivity index (χ0n) is 12.0. The van der Waals surface area contributed by atoms with Crippen molar-refractivity contribution < 1.29 is 0 Å². The lowest BCUT2D eigenvalue weighted by Gasteiger charge is -2.29. The molecule has 0 radical (unpaired) electrons. The lowest BCUT2D eigenvalue weighted by atomic mass is 9.77. The molecule has 19 heavy (non-hydrogen) atoms. The van der Waals surface area contributed by atoms with Gasteiger partial charge in [-0.3, -0.25) is 0 Å². The molecule has 2 N–H and O–H groups in total. The summed E-state index contributed by atoms with van der Waals surface area (Å²) in [6, 6.07) is 9.46. The Hall–Kier alpha value is -0.820. The van der Waals surface area contributed by atoms with E-state index in [4.69, 9.17) is 5.73 Å². The summed E-state index contributed by atoms with van der Waals surface area (Å²) in [5, 5.41) is 0. The Morgan fingerprint density at radius 1 is 0.895 bits per heavy atom. The third kappa shape index (κ3) is 2.86. The minimum absolute atomic E-state index is 0.708. The second-order valence-corrected chi connectivity index (χ2v) is 6.54. The topological polar surface area (TPSA) is 26.0 Å². The van der Waals surface area contributed by atoms with Crippen LogP contribution in [0.15, 0.2) is 24.3 Å². The van der Waals surface area contributed by atoms with Gasteiger partial charge in [-0.2, -0.15) is 0 Å². The highest BCUT2D eigenvalue weighted by Gasteiger charge is 2.25. The first-order valence-corrected chi connectivity index (χ1v) is 8.18. The van der Waals surface area contributed by atoms with E-state index in [2.05, 4.69) is 24.3 Å². The van der Waals surface area contributed by atoms with Crippen LogP contribution in [-0.2, 0) is 0 Å². The number of hydrogen-bond acceptors (Lipinski definition) is 1. The molecule has 0 saturated heterocycles. The first-order chi connectivity index (χ1) is 9.38. The SMILES string of the molecule is NCC1CCCCCC1c1cccc(C2CCC2)c1. The Morgan fingerprint density at radius 3 is 2.42 bits per heavy atom. The quantitative estimate of drug-likeness (QED) is 0.788. The van der Waals surface area contributed by atoms with Gasteiger partial charge < -0.3 is 5.73 Å². The molecule has 0 spiro atoms. The predicted molar refractivity (Wildman–Crippen MR) is 81.4 cm³/mol. The van der Waals surface area contributed by atoms with Crippen molar-refractivity contribution in [2.75, 3.05) is 6.54 Å². The standard InChI is InChI=1S/C18H27N/c19-13-17-6-2-1-3-11-18(17)16-10-5-9-15(12-16)14-7-4-8-14/h5,9-10,12,14,17-18H,1-4,6-8,11,13,19H2. The molecule has 1 aromatic carbocycles. The number of nitrogens with two attached hydrogens (primary N) is 1. The van der Waals surface area contributed by atoms with E-state index < -0.39 is 0 Å². The fraction of sp³-hybridized carbons (Fsp3) is 0.667. The fourth-order valence-electron chi connectivity index (χ4n) is 3.89. The van der Waals surface area contributed by atoms with E-state index in [1.54, 1.807) is 11.1 Å². The highest BCUT2D eigenvalue weighted by molar-refractivity contribution is 5.30. The van der Waals surface area contributed by atoms with Crippen LogP contribution in [0.2, 0.25) is 0 Å². The highest BCUT2D eigenvalue weighted by Crippen LogP contribution is 2.40. The number of rotatable bonds is 3. The third-order valence-corrected chi connectivity index (χ3v) is 5.38. The Balaban J connectivity index is 1.82. The maximum atomic E-state index is 6.04. The normalized spacial score (nSPS) is 28.7. The summed E-state index contributed by atoms with van der Waals surface area (Å²) in [6.45, 7) is 0.859. The van der Waals surface area contributed by atoms with E-state index in [0.29, 0.717) is 11.8 Å². The molecule has 2 saturated carbocycles. The number of hydrogen-bond donors (Lipinski definition) is 1. The van der Waals surface area contributed by atoms with Crippen molar-refractivity contribution in [2.45, 2.75) is 63.2 Å². The average molecular weight is 257 g/mol. The molecule has 1 heteroatoms. The van der Waals surface area contributed by atoms with Gasteiger partial charge >= 0.3 is 0 Å². The average Bonchev–Trinajstić information content (AvgIpc) is 2.62. The summed E-state index contributed by atoms with van der Waals surface area (Å²) >= 11 is 0. The third-order valence-electron chi connectivity index (χ3n) is 5.38. The molecule has 2 unspecified atom stereocenters. The van der Waals surface area contributed by atoms with Gasteiger partial charge in [-0.15, -0.1) is 0 Å². The maximum Gasteiger partial charge on any atom is -0.00430 e. The molecule has 0 aliphatic heterocycles. The summed E-state index contributed by atoms with van der Waals surface area (Å²) in [4.78, 5) is 0. The predicted octanol–water partition coefficient (Wildman–Crippen LogP) is 4.58. The van der Waals surface area contributed by atoms with Crippen LogP contribution in [0, 0.1) is 5.92 Å². The monoisotopic (exact) mass is 257 g/mol. The van der Waals surface area contributed by atoms with Crippen molar-refractivity contribution in [3.8, 4) is 0 Å². The maximum absolute atomic E-state index is 6.04. The summed E-state index contributed by atoms with van der Waals surface area (Å²) in [5.41, 5.74) is 9.19. The molecule has 0 amide bonds. The first-order valence-electron chi connectivity index (χ1n) is 8.18. The van der Waals surface area contributed by atoms with E-state index in [1.165, 1.54) is 51.4 Å². The van der Waals surface area contributed by atoms with Crippen LogP contribution in [0.1, 0.15) is 74.3 Å². The molecule has 1 nitrogen and oxygen atoms in total. The highest BCUT2D eigenvalue weighted by atomic mass is 14.6. The first kappa shape index (κ1) is 13.2. The van der Waals surface area contributed by atoms with E-state index in [0.717, 1.165) is 12.5 Å². The minimum atomic E-state index is 0.708. The second-order valence-electron chi connectivity index (χ2n) is 6.54. The Bertz CT molecular complexity index is 408. The van der Waals surface area contributed by atoms with Gasteiger partial charge in [0.25, 0.3) is 0 Å². The van der Waals surface area contributed by atoms with Gasteiger partial charge in [0.15, 0.2) is 0 Å². The molecular formula is C18H27N. The van der Waals surface area contributed by atoms with Gasteiger partial charge in [0.1, 0.15) is 0 Å². The lowest BCUT2D eigenvalue weighted by Crippen LogP contribution is -2.21. The van der Waals surface area contributed by atoms with Crippen molar-refractivity contribution in [1.82, 2.24) is 0 Å². The van der Waals surface area contributed by atoms with Crippen LogP contribution in [-0.4, -0.2) is 6.54 Å². The van der Waals surface area contributed by atoms with Crippen molar-refractivity contribution in [3.05, 3.63) is 35.4 Å². The molecule has 104 valence electrons. The van der Waals surface area contributed by atoms with E-state index >= 15 is 0 Å². The van der Waals surface area contributed by atoms with Gasteiger partial charge in [-0.25, -0.2) is 0 Å². The Morgan fingerprint density at radius 2 is 1.68 bits per heavy atom. The molecular weight excluding hydrogens is 230 g/mol. The summed E-state index contributed by atoms with van der Waals surface area (Å²) in [5.74, 6) is 2.27. The zero-order valence-corrected chi connectivity index (χ0v) is 12.0. The van der Waals surface area contributed by atoms with E-state index in [1.807, 2.05) is 0 Å². The van der Waals surface area contributed by atoms with Gasteiger partial charge in [0.05, 0.1) is 0 Å². The molecule has 0 heterocycles. The van der Waals surface area contributed by atoms with Crippen LogP contribution in [0.3, 0.4) is 0 Å². The molecule has 2 fully saturated rings. The van der Waals surface area contributed by atoms with Crippen molar-refractivity contribution in [3.63, 3.8) is 0 Å². The molecule has 2 atom stereocenters. The van der Waals surface area contributed by atoms with Crippen LogP contribution in [0.4, 0.5) is 0 Å². The molecule has 0 aromatic heterocycles. The summed E-state index contributed by atoms with van der Waals surface area (Å²) in [6.07, 6.45) is 11.0. The van der Waals surface area contributed by atoms with Crippen LogP contribution in [0.5, 0.6) is 0 Å². The largest absolute Gasteiger partial charge is 0.330 e. The Kier molecular flexibility index (Phi) is 4.22. The van der Waals surface area contributed by atoms with Gasteiger partial charge in [-0.05, 0) is 61.1 Å². The summed E-state index contributed by atoms with van der Waals surface area (Å²) < 4.78 is 0. The molecule has 2 aliphatic rings. The zero-order chi connectivity index (χ0) is 13.1. The van der Waals surface area contributed by atoms with E-state index in [-0.39, 0.29) is 0 Å². The van der Waals surface area contributed by atoms with Gasteiger partial charge in [0.2, 0.25) is 0 Å². The fourth-order valence-corrected chi connectivity index (χ4v) is 3.89. The molecule has 3 rings (SSSR count). The van der Waals surface area contributed by atoms with Crippen molar-refractivity contribution >= 4 is 0 Å². The molecule has 2 aliphatic carbocycles.